The van der Waals surface area contributed by atoms with Crippen LogP contribution in [0.4, 0.5) is 5.82 Å². The zero-order valence-corrected chi connectivity index (χ0v) is 11.6. The molecule has 20 heavy (non-hydrogen) atoms. The van der Waals surface area contributed by atoms with Crippen molar-refractivity contribution >= 4 is 22.7 Å². The highest BCUT2D eigenvalue weighted by Gasteiger charge is 2.11. The molecule has 0 aliphatic carbocycles. The topological polar surface area (TPSA) is 46.5 Å². The molecule has 0 saturated carbocycles. The number of amidine groups is 1. The fraction of sp³-hybridized carbons (Fsp3) is 0.0667. The van der Waals surface area contributed by atoms with Crippen molar-refractivity contribution in [2.45, 2.75) is 0 Å². The van der Waals surface area contributed by atoms with Crippen molar-refractivity contribution in [1.29, 1.82) is 0 Å². The van der Waals surface area contributed by atoms with Gasteiger partial charge in [0.1, 0.15) is 11.5 Å². The predicted molar refractivity (Wildman–Crippen MR) is 82.6 cm³/mol. The van der Waals surface area contributed by atoms with Crippen molar-refractivity contribution < 1.29 is 4.74 Å². The third-order valence-electron chi connectivity index (χ3n) is 2.58. The predicted octanol–water partition coefficient (Wildman–Crippen LogP) is 3.71. The zero-order chi connectivity index (χ0) is 13.8. The Hall–Kier alpha value is -2.27. The zero-order valence-electron chi connectivity index (χ0n) is 10.7. The van der Waals surface area contributed by atoms with Crippen LogP contribution in [-0.2, 0) is 0 Å². The van der Waals surface area contributed by atoms with Crippen LogP contribution in [0.5, 0.6) is 11.5 Å². The van der Waals surface area contributed by atoms with Crippen LogP contribution in [0.15, 0.2) is 65.9 Å². The molecular formula is C15H13N3OS. The van der Waals surface area contributed by atoms with E-state index in [9.17, 15) is 0 Å². The van der Waals surface area contributed by atoms with Gasteiger partial charge in [-0.3, -0.25) is 0 Å². The van der Waals surface area contributed by atoms with E-state index in [0.29, 0.717) is 11.6 Å². The average Bonchev–Trinajstić information content (AvgIpc) is 2.88. The molecule has 1 aromatic carbocycles. The lowest BCUT2D eigenvalue weighted by atomic mass is 10.3. The summed E-state index contributed by atoms with van der Waals surface area (Å²) in [4.78, 5) is 8.67. The summed E-state index contributed by atoms with van der Waals surface area (Å²) in [6.45, 7) is 3.85. The van der Waals surface area contributed by atoms with Crippen molar-refractivity contribution in [2.75, 3.05) is 5.75 Å². The molecule has 4 nitrogen and oxygen atoms in total. The molecule has 1 aromatic heterocycles. The first-order valence-corrected chi connectivity index (χ1v) is 7.13. The van der Waals surface area contributed by atoms with Gasteiger partial charge in [-0.2, -0.15) is 0 Å². The van der Waals surface area contributed by atoms with Crippen LogP contribution in [0.2, 0.25) is 0 Å². The number of benzene rings is 1. The summed E-state index contributed by atoms with van der Waals surface area (Å²) >= 11 is 1.62. The maximum absolute atomic E-state index is 5.67. The van der Waals surface area contributed by atoms with Gasteiger partial charge in [0.15, 0.2) is 11.0 Å². The van der Waals surface area contributed by atoms with Crippen molar-refractivity contribution in [3.63, 3.8) is 0 Å². The lowest BCUT2D eigenvalue weighted by Crippen LogP contribution is -2.10. The third-order valence-corrected chi connectivity index (χ3v) is 3.54. The molecule has 0 atom stereocenters. The molecule has 0 unspecified atom stereocenters. The monoisotopic (exact) mass is 283 g/mol. The van der Waals surface area contributed by atoms with Crippen LogP contribution >= 0.6 is 11.8 Å². The quantitative estimate of drug-likeness (QED) is 0.932. The van der Waals surface area contributed by atoms with Gasteiger partial charge >= 0.3 is 0 Å². The second-order valence-corrected chi connectivity index (χ2v) is 5.17. The highest BCUT2D eigenvalue weighted by atomic mass is 32.2. The van der Waals surface area contributed by atoms with Crippen LogP contribution in [0.25, 0.3) is 0 Å². The molecule has 0 radical (unpaired) electrons. The van der Waals surface area contributed by atoms with E-state index in [0.717, 1.165) is 22.4 Å². The standard InChI is InChI=1S/C15H13N3OS/c1-11-10-20-15(17-11)18-14-8-7-13(9-16-14)19-12-5-3-2-4-6-12/h2-9H,1,10H2,(H,16,17,18). The Morgan fingerprint density at radius 3 is 2.65 bits per heavy atom. The van der Waals surface area contributed by atoms with Crippen molar-refractivity contribution in [1.82, 2.24) is 10.3 Å². The van der Waals surface area contributed by atoms with Crippen LogP contribution < -0.4 is 10.1 Å². The van der Waals surface area contributed by atoms with Crippen LogP contribution in [0.1, 0.15) is 0 Å². The first-order valence-electron chi connectivity index (χ1n) is 6.15. The minimum Gasteiger partial charge on any atom is -0.456 e. The second-order valence-electron chi connectivity index (χ2n) is 4.20. The molecule has 3 rings (SSSR count). The number of hydrogen-bond donors (Lipinski definition) is 1. The number of para-hydroxylation sites is 1. The highest BCUT2D eigenvalue weighted by Crippen LogP contribution is 2.23. The van der Waals surface area contributed by atoms with E-state index >= 15 is 0 Å². The van der Waals surface area contributed by atoms with E-state index < -0.39 is 0 Å². The van der Waals surface area contributed by atoms with E-state index in [4.69, 9.17) is 4.74 Å². The average molecular weight is 283 g/mol. The number of aliphatic imine (C=N–C) groups is 1. The number of nitrogens with zero attached hydrogens (tertiary/aromatic N) is 2. The third kappa shape index (κ3) is 3.19. The number of rotatable bonds is 3. The summed E-state index contributed by atoms with van der Waals surface area (Å²) in [5.74, 6) is 2.98. The lowest BCUT2D eigenvalue weighted by Gasteiger charge is -2.04. The smallest absolute Gasteiger partial charge is 0.168 e. The maximum atomic E-state index is 5.67. The van der Waals surface area contributed by atoms with E-state index in [2.05, 4.69) is 21.9 Å². The summed E-state index contributed by atoms with van der Waals surface area (Å²) in [6.07, 6.45) is 1.67. The van der Waals surface area contributed by atoms with Gasteiger partial charge in [0.2, 0.25) is 0 Å². The summed E-state index contributed by atoms with van der Waals surface area (Å²) < 4.78 is 5.67. The van der Waals surface area contributed by atoms with Crippen LogP contribution in [-0.4, -0.2) is 15.9 Å². The van der Waals surface area contributed by atoms with Gasteiger partial charge in [-0.1, -0.05) is 36.5 Å². The SMILES string of the molecule is C=C1CSC(=Nc2ccc(Oc3ccccc3)cn2)N1. The van der Waals surface area contributed by atoms with E-state index in [1.54, 1.807) is 18.0 Å². The molecule has 1 fully saturated rings. The molecule has 1 aliphatic rings. The minimum absolute atomic E-state index is 0.648. The van der Waals surface area contributed by atoms with Crippen LogP contribution in [0.3, 0.4) is 0 Å². The Morgan fingerprint density at radius 2 is 2.00 bits per heavy atom. The molecule has 5 heteroatoms. The Balaban J connectivity index is 1.70. The van der Waals surface area contributed by atoms with Crippen molar-refractivity contribution in [3.8, 4) is 11.5 Å². The normalized spacial score (nSPS) is 16.2. The molecule has 0 bridgehead atoms. The number of hydrogen-bond acceptors (Lipinski definition) is 4. The number of ether oxygens (including phenoxy) is 1. The largest absolute Gasteiger partial charge is 0.456 e. The Bertz CT molecular complexity index is 638. The van der Waals surface area contributed by atoms with Gasteiger partial charge < -0.3 is 10.1 Å². The Morgan fingerprint density at radius 1 is 1.15 bits per heavy atom. The van der Waals surface area contributed by atoms with E-state index in [-0.39, 0.29) is 0 Å². The molecule has 1 aliphatic heterocycles. The molecule has 2 heterocycles. The van der Waals surface area contributed by atoms with Gasteiger partial charge in [0.25, 0.3) is 0 Å². The first-order chi connectivity index (χ1) is 9.79. The maximum Gasteiger partial charge on any atom is 0.168 e. The minimum atomic E-state index is 0.648. The lowest BCUT2D eigenvalue weighted by molar-refractivity contribution is 0.480. The van der Waals surface area contributed by atoms with E-state index in [1.165, 1.54) is 0 Å². The van der Waals surface area contributed by atoms with E-state index in [1.807, 2.05) is 42.5 Å². The van der Waals surface area contributed by atoms with Gasteiger partial charge in [-0.15, -0.1) is 0 Å². The molecule has 0 amide bonds. The fourth-order valence-corrected chi connectivity index (χ4v) is 2.42. The summed E-state index contributed by atoms with van der Waals surface area (Å²) in [5, 5.41) is 3.94. The number of thioether (sulfide) groups is 1. The molecule has 2 aromatic rings. The summed E-state index contributed by atoms with van der Waals surface area (Å²) in [6, 6.07) is 13.3. The Kier molecular flexibility index (Phi) is 3.69. The molecule has 1 saturated heterocycles. The van der Waals surface area contributed by atoms with Gasteiger partial charge in [-0.25, -0.2) is 9.98 Å². The number of nitrogens with one attached hydrogen (secondary N) is 1. The van der Waals surface area contributed by atoms with Gasteiger partial charge in [-0.05, 0) is 24.3 Å². The van der Waals surface area contributed by atoms with Gasteiger partial charge in [0, 0.05) is 11.4 Å². The van der Waals surface area contributed by atoms with Crippen LogP contribution in [0, 0.1) is 0 Å². The Labute approximate surface area is 121 Å². The molecule has 0 spiro atoms. The second kappa shape index (κ2) is 5.79. The highest BCUT2D eigenvalue weighted by molar-refractivity contribution is 8.14. The molecule has 100 valence electrons. The number of pyridine rings is 1. The molecular weight excluding hydrogens is 270 g/mol. The summed E-state index contributed by atoms with van der Waals surface area (Å²) in [5.41, 5.74) is 0.970. The molecule has 1 N–H and O–H groups in total. The first kappa shape index (κ1) is 12.7. The van der Waals surface area contributed by atoms with Gasteiger partial charge in [0.05, 0.1) is 6.20 Å². The number of aromatic nitrogens is 1. The van der Waals surface area contributed by atoms with Crippen molar-refractivity contribution in [2.24, 2.45) is 4.99 Å². The van der Waals surface area contributed by atoms with Crippen molar-refractivity contribution in [3.05, 3.63) is 60.9 Å². The summed E-state index contributed by atoms with van der Waals surface area (Å²) in [7, 11) is 0. The fourth-order valence-electron chi connectivity index (χ4n) is 1.67.